The number of likely N-dealkylation sites (tertiary alicyclic amines) is 1. The van der Waals surface area contributed by atoms with Gasteiger partial charge in [0, 0.05) is 43.5 Å². The minimum atomic E-state index is -4.47. The van der Waals surface area contributed by atoms with Crippen LogP contribution in [0.1, 0.15) is 17.7 Å². The first-order chi connectivity index (χ1) is 13.0. The zero-order chi connectivity index (χ0) is 18.9. The summed E-state index contributed by atoms with van der Waals surface area (Å²) in [5.74, 6) is 0.0195. The van der Waals surface area contributed by atoms with Gasteiger partial charge in [-0.15, -0.1) is 0 Å². The molecular formula is C19H18F3N5. The van der Waals surface area contributed by atoms with E-state index >= 15 is 0 Å². The summed E-state index contributed by atoms with van der Waals surface area (Å²) in [5.41, 5.74) is 1.22. The molecule has 0 radical (unpaired) electrons. The topological polar surface area (TPSA) is 53.9 Å². The predicted octanol–water partition coefficient (Wildman–Crippen LogP) is 3.73. The van der Waals surface area contributed by atoms with Crippen LogP contribution in [0.2, 0.25) is 0 Å². The van der Waals surface area contributed by atoms with Gasteiger partial charge in [-0.25, -0.2) is 9.97 Å². The van der Waals surface area contributed by atoms with Gasteiger partial charge in [-0.3, -0.25) is 9.88 Å². The molecule has 0 aliphatic carbocycles. The summed E-state index contributed by atoms with van der Waals surface area (Å²) in [5, 5.41) is 4.15. The van der Waals surface area contributed by atoms with E-state index in [2.05, 4.69) is 31.2 Å². The Morgan fingerprint density at radius 3 is 2.74 bits per heavy atom. The highest BCUT2D eigenvalue weighted by Gasteiger charge is 2.33. The molecular weight excluding hydrogens is 355 g/mol. The van der Waals surface area contributed by atoms with E-state index in [0.717, 1.165) is 49.2 Å². The first-order valence-electron chi connectivity index (χ1n) is 8.71. The van der Waals surface area contributed by atoms with Crippen molar-refractivity contribution in [3.05, 3.63) is 60.0 Å². The highest BCUT2D eigenvalue weighted by molar-refractivity contribution is 5.81. The Morgan fingerprint density at radius 2 is 1.89 bits per heavy atom. The van der Waals surface area contributed by atoms with Crippen molar-refractivity contribution >= 4 is 16.9 Å². The number of aromatic nitrogens is 3. The number of benzene rings is 1. The van der Waals surface area contributed by atoms with Crippen LogP contribution in [0.15, 0.2) is 48.8 Å². The maximum atomic E-state index is 12.8. The lowest BCUT2D eigenvalue weighted by Crippen LogP contribution is -2.27. The molecule has 3 heterocycles. The van der Waals surface area contributed by atoms with Crippen LogP contribution in [0.25, 0.3) is 10.9 Å². The second-order valence-electron chi connectivity index (χ2n) is 6.62. The zero-order valence-electron chi connectivity index (χ0n) is 14.4. The molecule has 1 aliphatic heterocycles. The van der Waals surface area contributed by atoms with E-state index in [4.69, 9.17) is 0 Å². The molecule has 1 N–H and O–H groups in total. The summed E-state index contributed by atoms with van der Waals surface area (Å²) in [7, 11) is 0. The van der Waals surface area contributed by atoms with Crippen molar-refractivity contribution in [1.29, 1.82) is 0 Å². The summed E-state index contributed by atoms with van der Waals surface area (Å²) in [6.07, 6.45) is -0.708. The number of hydrogen-bond donors (Lipinski definition) is 1. The molecule has 1 saturated heterocycles. The first kappa shape index (κ1) is 17.7. The molecule has 0 amide bonds. The SMILES string of the molecule is FC(F)(F)c1ccnc(NC2CCN(Cc3ccnc4ccccc34)C2)n1. The lowest BCUT2D eigenvalue weighted by atomic mass is 10.1. The van der Waals surface area contributed by atoms with Crippen LogP contribution in [-0.2, 0) is 12.7 Å². The van der Waals surface area contributed by atoms with Crippen LogP contribution in [-0.4, -0.2) is 39.0 Å². The van der Waals surface area contributed by atoms with Gasteiger partial charge in [-0.2, -0.15) is 13.2 Å². The van der Waals surface area contributed by atoms with Crippen LogP contribution < -0.4 is 5.32 Å². The van der Waals surface area contributed by atoms with Gasteiger partial charge in [0.1, 0.15) is 5.69 Å². The predicted molar refractivity (Wildman–Crippen MR) is 96.1 cm³/mol. The second kappa shape index (κ2) is 7.11. The van der Waals surface area contributed by atoms with Crippen LogP contribution in [0, 0.1) is 0 Å². The van der Waals surface area contributed by atoms with E-state index in [9.17, 15) is 13.2 Å². The molecule has 1 aliphatic rings. The van der Waals surface area contributed by atoms with E-state index in [1.54, 1.807) is 6.20 Å². The molecule has 1 fully saturated rings. The van der Waals surface area contributed by atoms with Crippen LogP contribution >= 0.6 is 0 Å². The number of para-hydroxylation sites is 1. The minimum Gasteiger partial charge on any atom is -0.350 e. The number of halogens is 3. The third kappa shape index (κ3) is 4.00. The second-order valence-corrected chi connectivity index (χ2v) is 6.62. The van der Waals surface area contributed by atoms with E-state index in [1.807, 2.05) is 24.3 Å². The fraction of sp³-hybridized carbons (Fsp3) is 0.316. The summed E-state index contributed by atoms with van der Waals surface area (Å²) in [6, 6.07) is 10.9. The van der Waals surface area contributed by atoms with Gasteiger partial charge in [0.25, 0.3) is 0 Å². The molecule has 8 heteroatoms. The molecule has 2 aromatic heterocycles. The Bertz CT molecular complexity index is 939. The van der Waals surface area contributed by atoms with Crippen molar-refractivity contribution in [3.63, 3.8) is 0 Å². The number of hydrogen-bond acceptors (Lipinski definition) is 5. The Kier molecular flexibility index (Phi) is 4.65. The fourth-order valence-corrected chi connectivity index (χ4v) is 3.40. The van der Waals surface area contributed by atoms with Gasteiger partial charge in [0.2, 0.25) is 5.95 Å². The molecule has 5 nitrogen and oxygen atoms in total. The number of nitrogens with one attached hydrogen (secondary N) is 1. The standard InChI is InChI=1S/C19H18F3N5/c20-19(21,22)17-6-9-24-18(26-17)25-14-7-10-27(12-14)11-13-5-8-23-16-4-2-1-3-15(13)16/h1-6,8-9,14H,7,10-12H2,(H,24,25,26). The summed E-state index contributed by atoms with van der Waals surface area (Å²) < 4.78 is 38.3. The number of nitrogens with zero attached hydrogens (tertiary/aromatic N) is 4. The fourth-order valence-electron chi connectivity index (χ4n) is 3.40. The van der Waals surface area contributed by atoms with Gasteiger partial charge in [0.15, 0.2) is 0 Å². The third-order valence-electron chi connectivity index (χ3n) is 4.68. The Hall–Kier alpha value is -2.74. The summed E-state index contributed by atoms with van der Waals surface area (Å²) >= 11 is 0. The average Bonchev–Trinajstić information content (AvgIpc) is 3.08. The molecule has 0 bridgehead atoms. The number of alkyl halides is 3. The average molecular weight is 373 g/mol. The van der Waals surface area contributed by atoms with Crippen molar-refractivity contribution in [2.45, 2.75) is 25.2 Å². The summed E-state index contributed by atoms with van der Waals surface area (Å²) in [6.45, 7) is 2.34. The maximum Gasteiger partial charge on any atom is 0.433 e. The van der Waals surface area contributed by atoms with E-state index in [1.165, 1.54) is 5.56 Å². The van der Waals surface area contributed by atoms with Crippen molar-refractivity contribution in [2.75, 3.05) is 18.4 Å². The van der Waals surface area contributed by atoms with Gasteiger partial charge in [0.05, 0.1) is 5.52 Å². The number of pyridine rings is 1. The van der Waals surface area contributed by atoms with Gasteiger partial charge in [-0.05, 0) is 30.2 Å². The van der Waals surface area contributed by atoms with E-state index in [-0.39, 0.29) is 12.0 Å². The maximum absolute atomic E-state index is 12.8. The molecule has 0 saturated carbocycles. The number of anilines is 1. The molecule has 27 heavy (non-hydrogen) atoms. The smallest absolute Gasteiger partial charge is 0.350 e. The molecule has 1 atom stereocenters. The van der Waals surface area contributed by atoms with Gasteiger partial charge in [-0.1, -0.05) is 18.2 Å². The monoisotopic (exact) mass is 373 g/mol. The van der Waals surface area contributed by atoms with Crippen molar-refractivity contribution < 1.29 is 13.2 Å². The quantitative estimate of drug-likeness (QED) is 0.755. The van der Waals surface area contributed by atoms with Crippen LogP contribution in [0.4, 0.5) is 19.1 Å². The summed E-state index contributed by atoms with van der Waals surface area (Å²) in [4.78, 5) is 14.1. The molecule has 140 valence electrons. The molecule has 3 aromatic rings. The Balaban J connectivity index is 1.42. The molecule has 0 spiro atoms. The molecule has 1 unspecified atom stereocenters. The Morgan fingerprint density at radius 1 is 1.07 bits per heavy atom. The van der Waals surface area contributed by atoms with Crippen molar-refractivity contribution in [1.82, 2.24) is 19.9 Å². The van der Waals surface area contributed by atoms with E-state index in [0.29, 0.717) is 0 Å². The zero-order valence-corrected chi connectivity index (χ0v) is 14.4. The molecule has 4 rings (SSSR count). The minimum absolute atomic E-state index is 0.0154. The van der Waals surface area contributed by atoms with Crippen molar-refractivity contribution in [3.8, 4) is 0 Å². The van der Waals surface area contributed by atoms with Crippen LogP contribution in [0.5, 0.6) is 0 Å². The van der Waals surface area contributed by atoms with Crippen LogP contribution in [0.3, 0.4) is 0 Å². The Labute approximate surface area is 154 Å². The van der Waals surface area contributed by atoms with E-state index < -0.39 is 11.9 Å². The highest BCUT2D eigenvalue weighted by atomic mass is 19.4. The van der Waals surface area contributed by atoms with Crippen molar-refractivity contribution in [2.24, 2.45) is 0 Å². The van der Waals surface area contributed by atoms with Gasteiger partial charge >= 0.3 is 6.18 Å². The number of fused-ring (bicyclic) bond motifs is 1. The molecule has 1 aromatic carbocycles. The largest absolute Gasteiger partial charge is 0.433 e. The normalized spacial score (nSPS) is 18.1. The first-order valence-corrected chi connectivity index (χ1v) is 8.71. The number of rotatable bonds is 4. The lowest BCUT2D eigenvalue weighted by molar-refractivity contribution is -0.141. The highest BCUT2D eigenvalue weighted by Crippen LogP contribution is 2.28. The lowest BCUT2D eigenvalue weighted by Gasteiger charge is -2.18. The third-order valence-corrected chi connectivity index (χ3v) is 4.68. The van der Waals surface area contributed by atoms with Gasteiger partial charge < -0.3 is 5.32 Å².